The molecule has 0 saturated carbocycles. The maximum Gasteiger partial charge on any atom is 0.00404 e. The molecule has 2 aromatic rings. The van der Waals surface area contributed by atoms with Crippen LogP contribution in [0.25, 0.3) is 11.1 Å². The van der Waals surface area contributed by atoms with E-state index in [1.165, 1.54) is 27.8 Å². The van der Waals surface area contributed by atoms with Crippen LogP contribution in [0, 0.1) is 20.8 Å². The minimum Gasteiger partial charge on any atom is -0.143 e. The van der Waals surface area contributed by atoms with Gasteiger partial charge >= 0.3 is 0 Å². The van der Waals surface area contributed by atoms with Crippen LogP contribution in [0.2, 0.25) is 0 Å². The van der Waals surface area contributed by atoms with Crippen LogP contribution in [0.5, 0.6) is 0 Å². The Morgan fingerprint density at radius 3 is 1.81 bits per heavy atom. The SMILES string of the molecule is Cc1cc(C)c(-c2ccc(S)cc2)c(C)c1. The first kappa shape index (κ1) is 11.3. The topological polar surface area (TPSA) is 0 Å². The van der Waals surface area contributed by atoms with Gasteiger partial charge < -0.3 is 0 Å². The molecule has 0 bridgehead atoms. The zero-order valence-corrected chi connectivity index (χ0v) is 10.8. The van der Waals surface area contributed by atoms with Crippen LogP contribution in [0.4, 0.5) is 0 Å². The zero-order chi connectivity index (χ0) is 11.7. The van der Waals surface area contributed by atoms with E-state index in [1.54, 1.807) is 0 Å². The third-order valence-electron chi connectivity index (χ3n) is 2.83. The molecule has 0 aliphatic rings. The van der Waals surface area contributed by atoms with Crippen molar-refractivity contribution in [2.75, 3.05) is 0 Å². The highest BCUT2D eigenvalue weighted by atomic mass is 32.1. The van der Waals surface area contributed by atoms with Crippen molar-refractivity contribution in [3.63, 3.8) is 0 Å². The van der Waals surface area contributed by atoms with E-state index in [4.69, 9.17) is 0 Å². The quantitative estimate of drug-likeness (QED) is 0.679. The second-order valence-corrected chi connectivity index (χ2v) is 4.84. The molecule has 0 aromatic heterocycles. The fraction of sp³-hybridized carbons (Fsp3) is 0.200. The molecule has 0 saturated heterocycles. The molecule has 0 aliphatic carbocycles. The van der Waals surface area contributed by atoms with Crippen LogP contribution in [0.15, 0.2) is 41.3 Å². The van der Waals surface area contributed by atoms with Crippen LogP contribution in [-0.2, 0) is 0 Å². The summed E-state index contributed by atoms with van der Waals surface area (Å²) in [6.45, 7) is 6.48. The van der Waals surface area contributed by atoms with Gasteiger partial charge in [-0.2, -0.15) is 0 Å². The van der Waals surface area contributed by atoms with Gasteiger partial charge in [0, 0.05) is 4.90 Å². The number of aryl methyl sites for hydroxylation is 3. The normalized spacial score (nSPS) is 10.5. The second kappa shape index (κ2) is 4.34. The van der Waals surface area contributed by atoms with Gasteiger partial charge in [0.15, 0.2) is 0 Å². The molecule has 16 heavy (non-hydrogen) atoms. The van der Waals surface area contributed by atoms with Crippen molar-refractivity contribution in [3.05, 3.63) is 53.1 Å². The number of hydrogen-bond donors (Lipinski definition) is 1. The number of hydrogen-bond acceptors (Lipinski definition) is 1. The highest BCUT2D eigenvalue weighted by Gasteiger charge is 2.05. The van der Waals surface area contributed by atoms with Crippen molar-refractivity contribution in [1.82, 2.24) is 0 Å². The average molecular weight is 228 g/mol. The Balaban J connectivity index is 2.60. The maximum atomic E-state index is 4.31. The van der Waals surface area contributed by atoms with Crippen molar-refractivity contribution < 1.29 is 0 Å². The molecule has 0 heterocycles. The van der Waals surface area contributed by atoms with E-state index in [9.17, 15) is 0 Å². The van der Waals surface area contributed by atoms with Gasteiger partial charge in [-0.1, -0.05) is 29.8 Å². The lowest BCUT2D eigenvalue weighted by atomic mass is 9.94. The fourth-order valence-electron chi connectivity index (χ4n) is 2.26. The van der Waals surface area contributed by atoms with Gasteiger partial charge in [-0.05, 0) is 55.2 Å². The predicted molar refractivity (Wildman–Crippen MR) is 73.3 cm³/mol. The Hall–Kier alpha value is -1.21. The summed E-state index contributed by atoms with van der Waals surface area (Å²) in [6.07, 6.45) is 0. The number of thiol groups is 1. The lowest BCUT2D eigenvalue weighted by molar-refractivity contribution is 1.31. The summed E-state index contributed by atoms with van der Waals surface area (Å²) in [5.41, 5.74) is 6.62. The third-order valence-corrected chi connectivity index (χ3v) is 3.13. The smallest absolute Gasteiger partial charge is 0.00404 e. The zero-order valence-electron chi connectivity index (χ0n) is 9.91. The number of benzene rings is 2. The molecule has 0 N–H and O–H groups in total. The largest absolute Gasteiger partial charge is 0.143 e. The minimum atomic E-state index is 1.01. The first-order valence-corrected chi connectivity index (χ1v) is 5.90. The summed E-state index contributed by atoms with van der Waals surface area (Å²) in [5.74, 6) is 0. The van der Waals surface area contributed by atoms with Crippen molar-refractivity contribution in [2.45, 2.75) is 25.7 Å². The van der Waals surface area contributed by atoms with E-state index >= 15 is 0 Å². The molecule has 0 fully saturated rings. The molecule has 0 atom stereocenters. The van der Waals surface area contributed by atoms with Gasteiger partial charge in [0.05, 0.1) is 0 Å². The van der Waals surface area contributed by atoms with Crippen LogP contribution in [-0.4, -0.2) is 0 Å². The molecule has 0 unspecified atom stereocenters. The molecular weight excluding hydrogens is 212 g/mol. The van der Waals surface area contributed by atoms with E-state index in [1.807, 2.05) is 12.1 Å². The Kier molecular flexibility index (Phi) is 3.06. The van der Waals surface area contributed by atoms with Gasteiger partial charge in [0.1, 0.15) is 0 Å². The molecule has 2 rings (SSSR count). The monoisotopic (exact) mass is 228 g/mol. The summed E-state index contributed by atoms with van der Waals surface area (Å²) in [4.78, 5) is 1.01. The minimum absolute atomic E-state index is 1.01. The molecule has 2 aromatic carbocycles. The highest BCUT2D eigenvalue weighted by Crippen LogP contribution is 2.28. The van der Waals surface area contributed by atoms with Crippen LogP contribution >= 0.6 is 12.6 Å². The van der Waals surface area contributed by atoms with Crippen molar-refractivity contribution in [2.24, 2.45) is 0 Å². The maximum absolute atomic E-state index is 4.31. The average Bonchev–Trinajstić information content (AvgIpc) is 2.19. The van der Waals surface area contributed by atoms with Gasteiger partial charge in [0.25, 0.3) is 0 Å². The van der Waals surface area contributed by atoms with Gasteiger partial charge in [-0.25, -0.2) is 0 Å². The molecule has 0 aliphatic heterocycles. The Morgan fingerprint density at radius 2 is 1.31 bits per heavy atom. The van der Waals surface area contributed by atoms with Gasteiger partial charge in [-0.15, -0.1) is 12.6 Å². The van der Waals surface area contributed by atoms with Crippen LogP contribution < -0.4 is 0 Å². The Morgan fingerprint density at radius 1 is 0.812 bits per heavy atom. The van der Waals surface area contributed by atoms with Crippen molar-refractivity contribution in [3.8, 4) is 11.1 Å². The summed E-state index contributed by atoms with van der Waals surface area (Å²) < 4.78 is 0. The second-order valence-electron chi connectivity index (χ2n) is 4.32. The van der Waals surface area contributed by atoms with E-state index < -0.39 is 0 Å². The highest BCUT2D eigenvalue weighted by molar-refractivity contribution is 7.80. The standard InChI is InChI=1S/C15H16S/c1-10-8-11(2)15(12(3)9-10)13-4-6-14(16)7-5-13/h4-9,16H,1-3H3. The molecule has 0 amide bonds. The van der Waals surface area contributed by atoms with E-state index in [-0.39, 0.29) is 0 Å². The van der Waals surface area contributed by atoms with E-state index in [2.05, 4.69) is 57.7 Å². The van der Waals surface area contributed by atoms with E-state index in [0.717, 1.165) is 4.90 Å². The first-order chi connectivity index (χ1) is 7.58. The Labute approximate surface area is 103 Å². The summed E-state index contributed by atoms with van der Waals surface area (Å²) >= 11 is 4.31. The van der Waals surface area contributed by atoms with Crippen LogP contribution in [0.3, 0.4) is 0 Å². The molecule has 0 nitrogen and oxygen atoms in total. The summed E-state index contributed by atoms with van der Waals surface area (Å²) in [7, 11) is 0. The molecule has 1 heteroatoms. The predicted octanol–water partition coefficient (Wildman–Crippen LogP) is 4.57. The van der Waals surface area contributed by atoms with Crippen molar-refractivity contribution >= 4 is 12.6 Å². The lowest BCUT2D eigenvalue weighted by Crippen LogP contribution is -1.89. The third kappa shape index (κ3) is 2.14. The van der Waals surface area contributed by atoms with Crippen molar-refractivity contribution in [1.29, 1.82) is 0 Å². The van der Waals surface area contributed by atoms with Crippen LogP contribution in [0.1, 0.15) is 16.7 Å². The Bertz CT molecular complexity index is 486. The summed E-state index contributed by atoms with van der Waals surface area (Å²) in [6, 6.07) is 12.8. The number of rotatable bonds is 1. The molecule has 0 radical (unpaired) electrons. The van der Waals surface area contributed by atoms with E-state index in [0.29, 0.717) is 0 Å². The molecule has 0 spiro atoms. The molecular formula is C15H16S. The fourth-order valence-corrected chi connectivity index (χ4v) is 2.41. The van der Waals surface area contributed by atoms with Gasteiger partial charge in [0.2, 0.25) is 0 Å². The molecule has 82 valence electrons. The summed E-state index contributed by atoms with van der Waals surface area (Å²) in [5, 5.41) is 0. The van der Waals surface area contributed by atoms with Gasteiger partial charge in [-0.3, -0.25) is 0 Å². The lowest BCUT2D eigenvalue weighted by Gasteiger charge is -2.11. The first-order valence-electron chi connectivity index (χ1n) is 5.45.